The number of primary amides is 1. The Hall–Kier alpha value is -1.35. The summed E-state index contributed by atoms with van der Waals surface area (Å²) in [6, 6.07) is 7.44. The molecule has 1 aromatic rings. The molecule has 0 aromatic heterocycles. The maximum absolute atomic E-state index is 10.8. The summed E-state index contributed by atoms with van der Waals surface area (Å²) in [4.78, 5) is 10.8. The van der Waals surface area contributed by atoms with Gasteiger partial charge in [0.2, 0.25) is 5.91 Å². The third-order valence-electron chi connectivity index (χ3n) is 1.90. The fourth-order valence-corrected chi connectivity index (χ4v) is 1.32. The third-order valence-corrected chi connectivity index (χ3v) is 1.90. The average molecular weight is 193 g/mol. The molecule has 76 valence electrons. The molecule has 14 heavy (non-hydrogen) atoms. The number of carbonyl (C=O) groups is 1. The molecule has 0 fully saturated rings. The van der Waals surface area contributed by atoms with Gasteiger partial charge in [0.1, 0.15) is 6.54 Å². The smallest absolute Gasteiger partial charge is 0.248 e. The fourth-order valence-electron chi connectivity index (χ4n) is 1.32. The summed E-state index contributed by atoms with van der Waals surface area (Å²) in [6.45, 7) is 0.943. The SMILES string of the molecule is C[N+](C)(C)Cc1ccc(C(N)=O)cc1. The molecular formula is C11H17N2O+. The van der Waals surface area contributed by atoms with Crippen LogP contribution in [0.15, 0.2) is 24.3 Å². The molecule has 0 bridgehead atoms. The van der Waals surface area contributed by atoms with Crippen LogP contribution < -0.4 is 5.73 Å². The van der Waals surface area contributed by atoms with Gasteiger partial charge in [0.05, 0.1) is 21.1 Å². The van der Waals surface area contributed by atoms with E-state index in [4.69, 9.17) is 5.73 Å². The zero-order chi connectivity index (χ0) is 10.8. The van der Waals surface area contributed by atoms with Crippen molar-refractivity contribution in [1.29, 1.82) is 0 Å². The molecule has 0 heterocycles. The highest BCUT2D eigenvalue weighted by Crippen LogP contribution is 2.08. The molecule has 3 nitrogen and oxygen atoms in total. The second-order valence-corrected chi connectivity index (χ2v) is 4.51. The molecule has 0 atom stereocenters. The van der Waals surface area contributed by atoms with Crippen LogP contribution in [0.2, 0.25) is 0 Å². The fraction of sp³-hybridized carbons (Fsp3) is 0.364. The molecule has 2 N–H and O–H groups in total. The zero-order valence-electron chi connectivity index (χ0n) is 8.95. The predicted molar refractivity (Wildman–Crippen MR) is 56.7 cm³/mol. The molecule has 0 unspecified atom stereocenters. The van der Waals surface area contributed by atoms with E-state index in [-0.39, 0.29) is 5.91 Å². The van der Waals surface area contributed by atoms with Crippen molar-refractivity contribution in [3.8, 4) is 0 Å². The molecule has 0 aliphatic rings. The van der Waals surface area contributed by atoms with Crippen molar-refractivity contribution in [1.82, 2.24) is 0 Å². The molecule has 0 radical (unpaired) electrons. The van der Waals surface area contributed by atoms with E-state index in [9.17, 15) is 4.79 Å². The maximum atomic E-state index is 10.8. The lowest BCUT2D eigenvalue weighted by atomic mass is 10.1. The van der Waals surface area contributed by atoms with Gasteiger partial charge in [-0.3, -0.25) is 4.79 Å². The number of rotatable bonds is 3. The molecule has 1 aromatic carbocycles. The van der Waals surface area contributed by atoms with Crippen LogP contribution in [0.1, 0.15) is 15.9 Å². The summed E-state index contributed by atoms with van der Waals surface area (Å²) in [7, 11) is 6.38. The Balaban J connectivity index is 2.79. The Morgan fingerprint density at radius 3 is 2.07 bits per heavy atom. The van der Waals surface area contributed by atoms with Gasteiger partial charge in [-0.25, -0.2) is 0 Å². The van der Waals surface area contributed by atoms with Gasteiger partial charge in [0.25, 0.3) is 0 Å². The Labute approximate surface area is 84.7 Å². The number of carbonyl (C=O) groups excluding carboxylic acids is 1. The lowest BCUT2D eigenvalue weighted by Gasteiger charge is -2.23. The normalized spacial score (nSPS) is 11.4. The van der Waals surface area contributed by atoms with E-state index >= 15 is 0 Å². The van der Waals surface area contributed by atoms with Gasteiger partial charge < -0.3 is 10.2 Å². The van der Waals surface area contributed by atoms with Crippen LogP contribution in [-0.4, -0.2) is 31.5 Å². The van der Waals surface area contributed by atoms with Crippen LogP contribution in [0.3, 0.4) is 0 Å². The molecule has 0 saturated heterocycles. The Morgan fingerprint density at radius 1 is 1.21 bits per heavy atom. The van der Waals surface area contributed by atoms with Crippen molar-refractivity contribution in [2.75, 3.05) is 21.1 Å². The number of nitrogens with zero attached hydrogens (tertiary/aromatic N) is 1. The lowest BCUT2D eigenvalue weighted by molar-refractivity contribution is -0.884. The molecule has 0 spiro atoms. The van der Waals surface area contributed by atoms with Crippen LogP contribution in [0.4, 0.5) is 0 Å². The van der Waals surface area contributed by atoms with E-state index in [1.807, 2.05) is 12.1 Å². The zero-order valence-corrected chi connectivity index (χ0v) is 8.95. The van der Waals surface area contributed by atoms with Crippen molar-refractivity contribution >= 4 is 5.91 Å². The van der Waals surface area contributed by atoms with E-state index in [0.717, 1.165) is 11.0 Å². The van der Waals surface area contributed by atoms with E-state index in [1.165, 1.54) is 5.56 Å². The summed E-state index contributed by atoms with van der Waals surface area (Å²) in [5.74, 6) is -0.373. The number of hydrogen-bond donors (Lipinski definition) is 1. The van der Waals surface area contributed by atoms with Crippen LogP contribution in [-0.2, 0) is 6.54 Å². The van der Waals surface area contributed by atoms with Gasteiger partial charge in [-0.15, -0.1) is 0 Å². The van der Waals surface area contributed by atoms with Gasteiger partial charge >= 0.3 is 0 Å². The number of quaternary nitrogens is 1. The van der Waals surface area contributed by atoms with Gasteiger partial charge in [-0.1, -0.05) is 12.1 Å². The van der Waals surface area contributed by atoms with Crippen molar-refractivity contribution in [2.45, 2.75) is 6.54 Å². The molecule has 0 aliphatic heterocycles. The van der Waals surface area contributed by atoms with Gasteiger partial charge in [0.15, 0.2) is 0 Å². The minimum atomic E-state index is -0.373. The standard InChI is InChI=1S/C11H16N2O/c1-13(2,3)8-9-4-6-10(7-5-9)11(12)14/h4-7H,8H2,1-3H3,(H-,12,14)/p+1. The first-order chi connectivity index (χ1) is 6.38. The van der Waals surface area contributed by atoms with Crippen LogP contribution >= 0.6 is 0 Å². The monoisotopic (exact) mass is 193 g/mol. The maximum Gasteiger partial charge on any atom is 0.248 e. The Kier molecular flexibility index (Phi) is 2.91. The van der Waals surface area contributed by atoms with Gasteiger partial charge in [0, 0.05) is 11.1 Å². The predicted octanol–water partition coefficient (Wildman–Crippen LogP) is 0.992. The van der Waals surface area contributed by atoms with Crippen molar-refractivity contribution in [2.24, 2.45) is 5.73 Å². The van der Waals surface area contributed by atoms with E-state index in [0.29, 0.717) is 5.56 Å². The Bertz CT molecular complexity index is 322. The summed E-state index contributed by atoms with van der Waals surface area (Å²) >= 11 is 0. The summed E-state index contributed by atoms with van der Waals surface area (Å²) in [5.41, 5.74) is 6.92. The second kappa shape index (κ2) is 3.80. The second-order valence-electron chi connectivity index (χ2n) is 4.51. The van der Waals surface area contributed by atoms with E-state index in [2.05, 4.69) is 21.1 Å². The van der Waals surface area contributed by atoms with Crippen molar-refractivity contribution in [3.05, 3.63) is 35.4 Å². The summed E-state index contributed by atoms with van der Waals surface area (Å²) in [5, 5.41) is 0. The first-order valence-electron chi connectivity index (χ1n) is 4.58. The summed E-state index contributed by atoms with van der Waals surface area (Å²) < 4.78 is 0.871. The minimum Gasteiger partial charge on any atom is -0.366 e. The van der Waals surface area contributed by atoms with E-state index in [1.54, 1.807) is 12.1 Å². The van der Waals surface area contributed by atoms with Crippen LogP contribution in [0.25, 0.3) is 0 Å². The number of nitrogens with two attached hydrogens (primary N) is 1. The molecule has 0 aliphatic carbocycles. The molecule has 1 rings (SSSR count). The minimum absolute atomic E-state index is 0.373. The highest BCUT2D eigenvalue weighted by Gasteiger charge is 2.08. The van der Waals surface area contributed by atoms with E-state index < -0.39 is 0 Å². The number of hydrogen-bond acceptors (Lipinski definition) is 1. The largest absolute Gasteiger partial charge is 0.366 e. The lowest BCUT2D eigenvalue weighted by Crippen LogP contribution is -2.33. The number of benzene rings is 1. The first-order valence-corrected chi connectivity index (χ1v) is 4.58. The topological polar surface area (TPSA) is 43.1 Å². The molecule has 0 saturated carbocycles. The highest BCUT2D eigenvalue weighted by atomic mass is 16.1. The highest BCUT2D eigenvalue weighted by molar-refractivity contribution is 5.92. The number of amides is 1. The van der Waals surface area contributed by atoms with Crippen molar-refractivity contribution in [3.63, 3.8) is 0 Å². The van der Waals surface area contributed by atoms with Gasteiger partial charge in [-0.2, -0.15) is 0 Å². The quantitative estimate of drug-likeness (QED) is 0.715. The van der Waals surface area contributed by atoms with Crippen molar-refractivity contribution < 1.29 is 9.28 Å². The third kappa shape index (κ3) is 3.18. The Morgan fingerprint density at radius 2 is 1.71 bits per heavy atom. The first kappa shape index (κ1) is 10.7. The average Bonchev–Trinajstić information content (AvgIpc) is 2.02. The molecule has 3 heteroatoms. The molecule has 1 amide bonds. The van der Waals surface area contributed by atoms with Crippen LogP contribution in [0, 0.1) is 0 Å². The van der Waals surface area contributed by atoms with Crippen LogP contribution in [0.5, 0.6) is 0 Å². The molecular weight excluding hydrogens is 176 g/mol. The van der Waals surface area contributed by atoms with Gasteiger partial charge in [-0.05, 0) is 12.1 Å². The summed E-state index contributed by atoms with van der Waals surface area (Å²) in [6.07, 6.45) is 0.